The smallest absolute Gasteiger partial charge is 0.314 e. The van der Waals surface area contributed by atoms with Crippen LogP contribution in [-0.4, -0.2) is 31.3 Å². The lowest BCUT2D eigenvalue weighted by atomic mass is 9.92. The molecule has 1 saturated carbocycles. The van der Waals surface area contributed by atoms with E-state index in [0.29, 0.717) is 0 Å². The van der Waals surface area contributed by atoms with Crippen LogP contribution >= 0.6 is 0 Å². The number of methoxy groups -OCH3 is 1. The fourth-order valence-electron chi connectivity index (χ4n) is 3.16. The molecular weight excluding hydrogens is 254 g/mol. The molecule has 1 aliphatic carbocycles. The average Bonchev–Trinajstić information content (AvgIpc) is 3.29. The van der Waals surface area contributed by atoms with Gasteiger partial charge in [0, 0.05) is 18.8 Å². The topological polar surface area (TPSA) is 49.8 Å². The molecule has 0 bridgehead atoms. The van der Waals surface area contributed by atoms with E-state index in [4.69, 9.17) is 4.74 Å². The van der Waals surface area contributed by atoms with Crippen molar-refractivity contribution in [3.05, 3.63) is 23.8 Å². The van der Waals surface area contributed by atoms with Crippen molar-refractivity contribution in [2.24, 2.45) is 0 Å². The molecule has 0 atom stereocenters. The minimum Gasteiger partial charge on any atom is -0.497 e. The highest BCUT2D eigenvalue weighted by Crippen LogP contribution is 2.52. The number of hydrogen-bond donors (Lipinski definition) is 1. The Kier molecular flexibility index (Phi) is 3.32. The molecule has 1 N–H and O–H groups in total. The van der Waals surface area contributed by atoms with Crippen molar-refractivity contribution in [1.29, 1.82) is 0 Å². The number of aliphatic carboxylic acids is 1. The van der Waals surface area contributed by atoms with Crippen molar-refractivity contribution in [2.45, 2.75) is 37.5 Å². The Morgan fingerprint density at radius 2 is 1.95 bits per heavy atom. The Labute approximate surface area is 119 Å². The number of benzene rings is 1. The summed E-state index contributed by atoms with van der Waals surface area (Å²) in [6, 6.07) is 5.89. The van der Waals surface area contributed by atoms with Crippen LogP contribution in [0.15, 0.2) is 18.2 Å². The number of piperidine rings is 1. The summed E-state index contributed by atoms with van der Waals surface area (Å²) in [6.07, 6.45) is 5.11. The number of carboxylic acids is 1. The van der Waals surface area contributed by atoms with E-state index in [9.17, 15) is 9.90 Å². The molecule has 4 nitrogen and oxygen atoms in total. The summed E-state index contributed by atoms with van der Waals surface area (Å²) in [5.74, 6) is 0.0392. The third-order valence-corrected chi connectivity index (χ3v) is 4.58. The third kappa shape index (κ3) is 2.13. The highest BCUT2D eigenvalue weighted by atomic mass is 16.5. The molecule has 1 saturated heterocycles. The third-order valence-electron chi connectivity index (χ3n) is 4.58. The molecule has 2 aliphatic rings. The lowest BCUT2D eigenvalue weighted by Gasteiger charge is -2.32. The molecule has 0 radical (unpaired) electrons. The zero-order valence-corrected chi connectivity index (χ0v) is 11.9. The molecule has 1 aromatic rings. The molecule has 3 rings (SSSR count). The zero-order chi connectivity index (χ0) is 14.2. The largest absolute Gasteiger partial charge is 0.497 e. The number of nitrogens with zero attached hydrogens (tertiary/aromatic N) is 1. The van der Waals surface area contributed by atoms with Crippen LogP contribution in [0.3, 0.4) is 0 Å². The molecule has 1 aromatic carbocycles. The molecular formula is C16H21NO3. The van der Waals surface area contributed by atoms with Gasteiger partial charge in [-0.2, -0.15) is 0 Å². The van der Waals surface area contributed by atoms with Crippen LogP contribution in [0.2, 0.25) is 0 Å². The Hall–Kier alpha value is -1.71. The summed E-state index contributed by atoms with van der Waals surface area (Å²) < 4.78 is 5.29. The summed E-state index contributed by atoms with van der Waals surface area (Å²) in [4.78, 5) is 14.0. The first-order chi connectivity index (χ1) is 9.67. The standard InChI is InChI=1S/C16H21NO3/c1-20-12-5-6-14(17-9-3-2-4-10-17)13(11-12)16(7-8-16)15(18)19/h5-6,11H,2-4,7-10H2,1H3,(H,18,19). The molecule has 0 spiro atoms. The molecule has 0 aromatic heterocycles. The van der Waals surface area contributed by atoms with Gasteiger partial charge in [0.1, 0.15) is 5.75 Å². The number of rotatable bonds is 4. The minimum absolute atomic E-state index is 0.679. The fourth-order valence-corrected chi connectivity index (χ4v) is 3.16. The van der Waals surface area contributed by atoms with Crippen LogP contribution in [0.5, 0.6) is 5.75 Å². The molecule has 2 fully saturated rings. The summed E-state index contributed by atoms with van der Waals surface area (Å²) >= 11 is 0. The van der Waals surface area contributed by atoms with Gasteiger partial charge in [0.15, 0.2) is 0 Å². The monoisotopic (exact) mass is 275 g/mol. The maximum absolute atomic E-state index is 11.7. The number of ether oxygens (including phenoxy) is 1. The van der Waals surface area contributed by atoms with Gasteiger partial charge in [0.2, 0.25) is 0 Å². The Morgan fingerprint density at radius 1 is 1.25 bits per heavy atom. The predicted molar refractivity (Wildman–Crippen MR) is 77.6 cm³/mol. The lowest BCUT2D eigenvalue weighted by molar-refractivity contribution is -0.140. The van der Waals surface area contributed by atoms with Crippen LogP contribution < -0.4 is 9.64 Å². The van der Waals surface area contributed by atoms with Crippen molar-refractivity contribution >= 4 is 11.7 Å². The molecule has 108 valence electrons. The maximum atomic E-state index is 11.7. The van der Waals surface area contributed by atoms with E-state index in [1.165, 1.54) is 19.3 Å². The summed E-state index contributed by atoms with van der Waals surface area (Å²) in [5.41, 5.74) is 1.35. The highest BCUT2D eigenvalue weighted by Gasteiger charge is 2.53. The Morgan fingerprint density at radius 3 is 2.50 bits per heavy atom. The number of carboxylic acid groups (broad SMARTS) is 1. The number of hydrogen-bond acceptors (Lipinski definition) is 3. The van der Waals surface area contributed by atoms with Gasteiger partial charge in [-0.1, -0.05) is 0 Å². The van der Waals surface area contributed by atoms with Crippen LogP contribution in [0.4, 0.5) is 5.69 Å². The predicted octanol–water partition coefficient (Wildman–Crippen LogP) is 2.80. The molecule has 20 heavy (non-hydrogen) atoms. The van der Waals surface area contributed by atoms with E-state index in [2.05, 4.69) is 4.90 Å². The Balaban J connectivity index is 2.02. The molecule has 1 aliphatic heterocycles. The fraction of sp³-hybridized carbons (Fsp3) is 0.562. The van der Waals surface area contributed by atoms with Gasteiger partial charge in [-0.15, -0.1) is 0 Å². The van der Waals surface area contributed by atoms with Crippen LogP contribution in [-0.2, 0) is 10.2 Å². The minimum atomic E-state index is -0.705. The SMILES string of the molecule is COc1ccc(N2CCCCC2)c(C2(C(=O)O)CC2)c1. The van der Waals surface area contributed by atoms with Gasteiger partial charge < -0.3 is 14.7 Å². The first kappa shape index (κ1) is 13.3. The van der Waals surface area contributed by atoms with E-state index < -0.39 is 11.4 Å². The zero-order valence-electron chi connectivity index (χ0n) is 11.9. The van der Waals surface area contributed by atoms with Gasteiger partial charge in [-0.3, -0.25) is 4.79 Å². The Bertz CT molecular complexity index is 516. The molecule has 4 heteroatoms. The first-order valence-corrected chi connectivity index (χ1v) is 7.34. The summed E-state index contributed by atoms with van der Waals surface area (Å²) in [6.45, 7) is 2.05. The van der Waals surface area contributed by atoms with Crippen LogP contribution in [0.25, 0.3) is 0 Å². The summed E-state index contributed by atoms with van der Waals surface area (Å²) in [5, 5.41) is 9.58. The van der Waals surface area contributed by atoms with E-state index in [-0.39, 0.29) is 0 Å². The van der Waals surface area contributed by atoms with Crippen molar-refractivity contribution < 1.29 is 14.6 Å². The second-order valence-corrected chi connectivity index (χ2v) is 5.82. The van der Waals surface area contributed by atoms with E-state index >= 15 is 0 Å². The van der Waals surface area contributed by atoms with Gasteiger partial charge in [0.25, 0.3) is 0 Å². The van der Waals surface area contributed by atoms with Crippen molar-refractivity contribution in [2.75, 3.05) is 25.1 Å². The number of carbonyl (C=O) groups is 1. The van der Waals surface area contributed by atoms with Crippen LogP contribution in [0.1, 0.15) is 37.7 Å². The average molecular weight is 275 g/mol. The van der Waals surface area contributed by atoms with Crippen molar-refractivity contribution in [1.82, 2.24) is 0 Å². The van der Waals surface area contributed by atoms with E-state index in [1.807, 2.05) is 18.2 Å². The lowest BCUT2D eigenvalue weighted by Crippen LogP contribution is -2.32. The second-order valence-electron chi connectivity index (χ2n) is 5.82. The van der Waals surface area contributed by atoms with Gasteiger partial charge in [-0.05, 0) is 55.9 Å². The van der Waals surface area contributed by atoms with E-state index in [1.54, 1.807) is 7.11 Å². The quantitative estimate of drug-likeness (QED) is 0.918. The number of anilines is 1. The van der Waals surface area contributed by atoms with Gasteiger partial charge >= 0.3 is 5.97 Å². The maximum Gasteiger partial charge on any atom is 0.314 e. The molecule has 0 amide bonds. The first-order valence-electron chi connectivity index (χ1n) is 7.34. The van der Waals surface area contributed by atoms with E-state index in [0.717, 1.165) is 42.9 Å². The van der Waals surface area contributed by atoms with Gasteiger partial charge in [0.05, 0.1) is 12.5 Å². The van der Waals surface area contributed by atoms with Gasteiger partial charge in [-0.25, -0.2) is 0 Å². The van der Waals surface area contributed by atoms with Crippen molar-refractivity contribution in [3.8, 4) is 5.75 Å². The second kappa shape index (κ2) is 5.00. The van der Waals surface area contributed by atoms with Crippen molar-refractivity contribution in [3.63, 3.8) is 0 Å². The van der Waals surface area contributed by atoms with Crippen LogP contribution in [0, 0.1) is 0 Å². The molecule has 1 heterocycles. The highest BCUT2D eigenvalue weighted by molar-refractivity contribution is 5.88. The summed E-state index contributed by atoms with van der Waals surface area (Å²) in [7, 11) is 1.63. The molecule has 0 unspecified atom stereocenters. The normalized spacial score (nSPS) is 20.6.